The summed E-state index contributed by atoms with van der Waals surface area (Å²) in [4.78, 5) is 13.6. The average molecular weight is 370 g/mol. The monoisotopic (exact) mass is 369 g/mol. The van der Waals surface area contributed by atoms with Crippen molar-refractivity contribution >= 4 is 11.6 Å². The summed E-state index contributed by atoms with van der Waals surface area (Å²) < 4.78 is 5.85. The molecule has 4 heteroatoms. The molecular weight excluding hydrogens is 336 g/mol. The molecule has 0 spiro atoms. The predicted octanol–water partition coefficient (Wildman–Crippen LogP) is 3.15. The van der Waals surface area contributed by atoms with E-state index >= 15 is 0 Å². The number of rotatable bonds is 8. The lowest BCUT2D eigenvalue weighted by atomic mass is 10.1. The van der Waals surface area contributed by atoms with Gasteiger partial charge in [-0.2, -0.15) is 0 Å². The number of carbonyl (C=O) groups is 1. The van der Waals surface area contributed by atoms with E-state index in [0.717, 1.165) is 35.5 Å². The first-order valence-corrected chi connectivity index (χ1v) is 9.64. The van der Waals surface area contributed by atoms with E-state index in [0.29, 0.717) is 13.2 Å². The van der Waals surface area contributed by atoms with Gasteiger partial charge < -0.3 is 15.0 Å². The van der Waals surface area contributed by atoms with Gasteiger partial charge in [0.05, 0.1) is 20.2 Å². The van der Waals surface area contributed by atoms with Gasteiger partial charge in [-0.25, -0.2) is 0 Å². The van der Waals surface area contributed by atoms with Gasteiger partial charge in [-0.05, 0) is 69.0 Å². The largest absolute Gasteiger partial charge is 0.493 e. The predicted molar refractivity (Wildman–Crippen MR) is 112 cm³/mol. The highest BCUT2D eigenvalue weighted by Gasteiger charge is 2.13. The molecule has 2 rings (SSSR count). The molecule has 0 aliphatic rings. The van der Waals surface area contributed by atoms with Crippen LogP contribution in [0.3, 0.4) is 0 Å². The van der Waals surface area contributed by atoms with Gasteiger partial charge in [0.2, 0.25) is 0 Å². The maximum absolute atomic E-state index is 12.4. The minimum Gasteiger partial charge on any atom is -0.493 e. The molecule has 0 aliphatic heterocycles. The minimum absolute atomic E-state index is 0.0535. The highest BCUT2D eigenvalue weighted by atomic mass is 16.5. The van der Waals surface area contributed by atoms with E-state index in [-0.39, 0.29) is 5.91 Å². The molecule has 1 atom stereocenters. The molecule has 0 aromatic heterocycles. The number of hydrogen-bond donors (Lipinski definition) is 2. The second-order valence-electron chi connectivity index (χ2n) is 7.73. The van der Waals surface area contributed by atoms with Crippen LogP contribution in [0.2, 0.25) is 0 Å². The quantitative estimate of drug-likeness (QED) is 0.702. The molecule has 2 aromatic carbocycles. The number of nitrogens with one attached hydrogen (secondary N) is 2. The maximum Gasteiger partial charge on any atom is 0.279 e. The van der Waals surface area contributed by atoms with E-state index in [9.17, 15) is 4.79 Å². The summed E-state index contributed by atoms with van der Waals surface area (Å²) in [5, 5.41) is 3.07. The SMILES string of the molecule is Cc1cc(C)cc(OCCC[NH+](C)CC(=O)Nc2c(C)cc(C)cc2C)c1. The van der Waals surface area contributed by atoms with Gasteiger partial charge in [0.25, 0.3) is 5.91 Å². The van der Waals surface area contributed by atoms with Gasteiger partial charge >= 0.3 is 0 Å². The Morgan fingerprint density at radius 2 is 1.48 bits per heavy atom. The fourth-order valence-corrected chi connectivity index (χ4v) is 3.50. The van der Waals surface area contributed by atoms with Crippen molar-refractivity contribution in [2.45, 2.75) is 41.0 Å². The molecule has 2 aromatic rings. The van der Waals surface area contributed by atoms with Crippen molar-refractivity contribution in [2.24, 2.45) is 0 Å². The molecule has 1 amide bonds. The third kappa shape index (κ3) is 6.72. The van der Waals surface area contributed by atoms with E-state index in [4.69, 9.17) is 4.74 Å². The molecule has 0 bridgehead atoms. The second-order valence-corrected chi connectivity index (χ2v) is 7.73. The number of likely N-dealkylation sites (N-methyl/N-ethyl adjacent to an activating group) is 1. The average Bonchev–Trinajstić information content (AvgIpc) is 2.54. The van der Waals surface area contributed by atoms with Crippen LogP contribution in [0.25, 0.3) is 0 Å². The normalized spacial score (nSPS) is 11.9. The molecule has 2 N–H and O–H groups in total. The van der Waals surface area contributed by atoms with Crippen molar-refractivity contribution in [3.8, 4) is 5.75 Å². The number of carbonyl (C=O) groups excluding carboxylic acids is 1. The Kier molecular flexibility index (Phi) is 7.43. The highest BCUT2D eigenvalue weighted by Crippen LogP contribution is 2.21. The van der Waals surface area contributed by atoms with Gasteiger partial charge in [-0.15, -0.1) is 0 Å². The third-order valence-electron chi connectivity index (χ3n) is 4.62. The zero-order valence-corrected chi connectivity index (χ0v) is 17.5. The van der Waals surface area contributed by atoms with Crippen molar-refractivity contribution in [3.63, 3.8) is 0 Å². The van der Waals surface area contributed by atoms with Crippen LogP contribution in [0.5, 0.6) is 5.75 Å². The number of hydrogen-bond acceptors (Lipinski definition) is 2. The number of aryl methyl sites for hydroxylation is 5. The molecular formula is C23H33N2O2+. The topological polar surface area (TPSA) is 42.8 Å². The van der Waals surface area contributed by atoms with Crippen molar-refractivity contribution < 1.29 is 14.4 Å². The molecule has 0 saturated carbocycles. The summed E-state index contributed by atoms with van der Waals surface area (Å²) in [6.07, 6.45) is 0.911. The van der Waals surface area contributed by atoms with Crippen LogP contribution in [-0.4, -0.2) is 32.7 Å². The Bertz CT molecular complexity index is 756. The Balaban J connectivity index is 1.75. The van der Waals surface area contributed by atoms with Crippen LogP contribution in [-0.2, 0) is 4.79 Å². The van der Waals surface area contributed by atoms with Gasteiger partial charge in [0, 0.05) is 12.1 Å². The van der Waals surface area contributed by atoms with E-state index < -0.39 is 0 Å². The lowest BCUT2D eigenvalue weighted by molar-refractivity contribution is -0.871. The molecule has 0 heterocycles. The minimum atomic E-state index is 0.0535. The molecule has 0 saturated heterocycles. The molecule has 27 heavy (non-hydrogen) atoms. The smallest absolute Gasteiger partial charge is 0.279 e. The Hall–Kier alpha value is -2.33. The van der Waals surface area contributed by atoms with Crippen LogP contribution in [0.4, 0.5) is 5.69 Å². The lowest BCUT2D eigenvalue weighted by Gasteiger charge is -2.16. The van der Waals surface area contributed by atoms with E-state index in [1.54, 1.807) is 0 Å². The first kappa shape index (κ1) is 21.0. The van der Waals surface area contributed by atoms with E-state index in [1.165, 1.54) is 21.6 Å². The lowest BCUT2D eigenvalue weighted by Crippen LogP contribution is -3.10. The van der Waals surface area contributed by atoms with Crippen LogP contribution in [0.15, 0.2) is 30.3 Å². The maximum atomic E-state index is 12.4. The zero-order valence-electron chi connectivity index (χ0n) is 17.5. The van der Waals surface area contributed by atoms with Crippen molar-refractivity contribution in [2.75, 3.05) is 32.1 Å². The first-order chi connectivity index (χ1) is 12.7. The van der Waals surface area contributed by atoms with Crippen molar-refractivity contribution in [1.29, 1.82) is 0 Å². The Labute approximate surface area is 163 Å². The summed E-state index contributed by atoms with van der Waals surface area (Å²) in [6, 6.07) is 10.5. The molecule has 146 valence electrons. The molecule has 0 fully saturated rings. The number of anilines is 1. The number of quaternary nitrogens is 1. The van der Waals surface area contributed by atoms with Crippen molar-refractivity contribution in [3.05, 3.63) is 58.1 Å². The summed E-state index contributed by atoms with van der Waals surface area (Å²) in [6.45, 7) is 12.3. The Morgan fingerprint density at radius 3 is 2.07 bits per heavy atom. The summed E-state index contributed by atoms with van der Waals surface area (Å²) in [7, 11) is 2.05. The molecule has 0 aliphatic carbocycles. The zero-order chi connectivity index (χ0) is 20.0. The first-order valence-electron chi connectivity index (χ1n) is 9.64. The standard InChI is InChI=1S/C23H32N2O2/c1-16-10-17(2)14-21(13-16)27-9-7-8-25(6)15-22(26)24-23-19(4)11-18(3)12-20(23)5/h10-14H,7-9,15H2,1-6H3,(H,24,26)/p+1. The van der Waals surface area contributed by atoms with Gasteiger partial charge in [-0.3, -0.25) is 4.79 Å². The van der Waals surface area contributed by atoms with E-state index in [2.05, 4.69) is 56.4 Å². The fourth-order valence-electron chi connectivity index (χ4n) is 3.50. The second kappa shape index (κ2) is 9.56. The van der Waals surface area contributed by atoms with Gasteiger partial charge in [-0.1, -0.05) is 23.8 Å². The van der Waals surface area contributed by atoms with E-state index in [1.807, 2.05) is 20.9 Å². The van der Waals surface area contributed by atoms with Gasteiger partial charge in [0.1, 0.15) is 5.75 Å². The van der Waals surface area contributed by atoms with Crippen molar-refractivity contribution in [1.82, 2.24) is 0 Å². The van der Waals surface area contributed by atoms with Crippen LogP contribution in [0, 0.1) is 34.6 Å². The fraction of sp³-hybridized carbons (Fsp3) is 0.435. The molecule has 4 nitrogen and oxygen atoms in total. The summed E-state index contributed by atoms with van der Waals surface area (Å²) >= 11 is 0. The third-order valence-corrected chi connectivity index (χ3v) is 4.62. The summed E-state index contributed by atoms with van der Waals surface area (Å²) in [5.41, 5.74) is 6.81. The summed E-state index contributed by atoms with van der Waals surface area (Å²) in [5.74, 6) is 0.978. The Morgan fingerprint density at radius 1 is 0.926 bits per heavy atom. The molecule has 0 radical (unpaired) electrons. The number of benzene rings is 2. The number of ether oxygens (including phenoxy) is 1. The van der Waals surface area contributed by atoms with Crippen LogP contribution < -0.4 is 15.0 Å². The number of amides is 1. The highest BCUT2D eigenvalue weighted by molar-refractivity contribution is 5.93. The van der Waals surface area contributed by atoms with Crippen LogP contribution in [0.1, 0.15) is 34.2 Å². The van der Waals surface area contributed by atoms with Gasteiger partial charge in [0.15, 0.2) is 6.54 Å². The van der Waals surface area contributed by atoms with Crippen LogP contribution >= 0.6 is 0 Å². The molecule has 1 unspecified atom stereocenters.